The fraction of sp³-hybridized carbons (Fsp3) is 0.231. The zero-order valence-electron chi connectivity index (χ0n) is 10.6. The van der Waals surface area contributed by atoms with Gasteiger partial charge in [-0.15, -0.1) is 11.3 Å². The third kappa shape index (κ3) is 4.29. The van der Waals surface area contributed by atoms with Gasteiger partial charge in [-0.05, 0) is 42.1 Å². The summed E-state index contributed by atoms with van der Waals surface area (Å²) in [7, 11) is -3.40. The molecule has 0 spiro atoms. The summed E-state index contributed by atoms with van der Waals surface area (Å²) in [5.41, 5.74) is 0. The van der Waals surface area contributed by atoms with Gasteiger partial charge in [0.2, 0.25) is 10.0 Å². The van der Waals surface area contributed by atoms with Crippen molar-refractivity contribution in [3.8, 4) is 5.75 Å². The van der Waals surface area contributed by atoms with Gasteiger partial charge in [0.25, 0.3) is 0 Å². The number of hydrogen-bond donors (Lipinski definition) is 1. The van der Waals surface area contributed by atoms with Crippen LogP contribution in [0.15, 0.2) is 46.0 Å². The maximum absolute atomic E-state index is 12.7. The van der Waals surface area contributed by atoms with Crippen LogP contribution >= 0.6 is 11.3 Å². The van der Waals surface area contributed by atoms with Crippen molar-refractivity contribution >= 4 is 21.4 Å². The molecular formula is C13H14FNO3S2. The first-order chi connectivity index (χ1) is 9.58. The fourth-order valence-corrected chi connectivity index (χ4v) is 3.60. The monoisotopic (exact) mass is 315 g/mol. The highest BCUT2D eigenvalue weighted by Crippen LogP contribution is 2.15. The molecule has 0 atom stereocenters. The summed E-state index contributed by atoms with van der Waals surface area (Å²) in [4.78, 5) is 0. The summed E-state index contributed by atoms with van der Waals surface area (Å²) < 4.78 is 44.4. The van der Waals surface area contributed by atoms with Crippen LogP contribution in [0.1, 0.15) is 6.42 Å². The van der Waals surface area contributed by atoms with Gasteiger partial charge in [-0.2, -0.15) is 0 Å². The topological polar surface area (TPSA) is 55.4 Å². The van der Waals surface area contributed by atoms with Gasteiger partial charge >= 0.3 is 0 Å². The van der Waals surface area contributed by atoms with E-state index in [1.54, 1.807) is 17.5 Å². The third-order valence-electron chi connectivity index (χ3n) is 2.46. The molecule has 2 aromatic rings. The van der Waals surface area contributed by atoms with Crippen molar-refractivity contribution in [1.82, 2.24) is 4.72 Å². The SMILES string of the molecule is O=S(=O)(NCCCOc1ccc(F)cc1)c1cccs1. The Hall–Kier alpha value is -1.44. The lowest BCUT2D eigenvalue weighted by molar-refractivity contribution is 0.311. The standard InChI is InChI=1S/C13H14FNO3S2/c14-11-4-6-12(7-5-11)18-9-2-8-15-20(16,17)13-3-1-10-19-13/h1,3-7,10,15H,2,8-9H2. The molecule has 1 aromatic heterocycles. The van der Waals surface area contributed by atoms with Gasteiger partial charge in [0.05, 0.1) is 6.61 Å². The Balaban J connectivity index is 1.71. The van der Waals surface area contributed by atoms with Gasteiger partial charge in [0.15, 0.2) is 0 Å². The van der Waals surface area contributed by atoms with E-state index >= 15 is 0 Å². The van der Waals surface area contributed by atoms with Crippen molar-refractivity contribution in [2.75, 3.05) is 13.2 Å². The molecule has 0 fully saturated rings. The summed E-state index contributed by atoms with van der Waals surface area (Å²) in [5.74, 6) is 0.244. The molecule has 0 bridgehead atoms. The molecule has 0 unspecified atom stereocenters. The minimum Gasteiger partial charge on any atom is -0.494 e. The Kier molecular flexibility index (Phi) is 5.11. The van der Waals surface area contributed by atoms with Gasteiger partial charge in [-0.3, -0.25) is 0 Å². The molecule has 0 saturated carbocycles. The minimum absolute atomic E-state index is 0.293. The molecule has 0 aliphatic carbocycles. The third-order valence-corrected chi connectivity index (χ3v) is 5.31. The highest BCUT2D eigenvalue weighted by atomic mass is 32.2. The number of ether oxygens (including phenoxy) is 1. The lowest BCUT2D eigenvalue weighted by Gasteiger charge is -2.07. The summed E-state index contributed by atoms with van der Waals surface area (Å²) in [6.07, 6.45) is 0.530. The van der Waals surface area contributed by atoms with Crippen molar-refractivity contribution in [2.45, 2.75) is 10.6 Å². The van der Waals surface area contributed by atoms with Crippen molar-refractivity contribution < 1.29 is 17.5 Å². The molecule has 0 amide bonds. The van der Waals surface area contributed by atoms with Gasteiger partial charge < -0.3 is 4.74 Å². The molecule has 0 radical (unpaired) electrons. The van der Waals surface area contributed by atoms with E-state index < -0.39 is 10.0 Å². The Morgan fingerprint density at radius 2 is 1.95 bits per heavy atom. The predicted octanol–water partition coefficient (Wildman–Crippen LogP) is 2.63. The first kappa shape index (κ1) is 15.0. The van der Waals surface area contributed by atoms with Crippen LogP contribution in [0.25, 0.3) is 0 Å². The lowest BCUT2D eigenvalue weighted by atomic mass is 10.3. The molecule has 20 heavy (non-hydrogen) atoms. The first-order valence-corrected chi connectivity index (χ1v) is 8.36. The Morgan fingerprint density at radius 1 is 1.20 bits per heavy atom. The molecular weight excluding hydrogens is 301 g/mol. The fourth-order valence-electron chi connectivity index (χ4n) is 1.49. The molecule has 2 rings (SSSR count). The van der Waals surface area contributed by atoms with E-state index in [1.807, 2.05) is 0 Å². The first-order valence-electron chi connectivity index (χ1n) is 5.99. The number of thiophene rings is 1. The normalized spacial score (nSPS) is 11.4. The molecule has 0 saturated heterocycles. The van der Waals surface area contributed by atoms with E-state index in [2.05, 4.69) is 4.72 Å². The Bertz CT molecular complexity index is 624. The lowest BCUT2D eigenvalue weighted by Crippen LogP contribution is -2.25. The van der Waals surface area contributed by atoms with E-state index in [9.17, 15) is 12.8 Å². The zero-order valence-corrected chi connectivity index (χ0v) is 12.2. The van der Waals surface area contributed by atoms with Crippen LogP contribution in [-0.4, -0.2) is 21.6 Å². The number of rotatable bonds is 7. The van der Waals surface area contributed by atoms with Crippen molar-refractivity contribution in [3.05, 3.63) is 47.6 Å². The number of hydrogen-bond acceptors (Lipinski definition) is 4. The highest BCUT2D eigenvalue weighted by Gasteiger charge is 2.13. The number of benzene rings is 1. The minimum atomic E-state index is -3.40. The van der Waals surface area contributed by atoms with Crippen LogP contribution in [-0.2, 0) is 10.0 Å². The van der Waals surface area contributed by atoms with Gasteiger partial charge in [-0.25, -0.2) is 17.5 Å². The second kappa shape index (κ2) is 6.83. The Labute approximate surface area is 121 Å². The number of sulfonamides is 1. The van der Waals surface area contributed by atoms with Crippen molar-refractivity contribution in [2.24, 2.45) is 0 Å². The molecule has 0 aliphatic heterocycles. The van der Waals surface area contributed by atoms with Crippen LogP contribution in [0.2, 0.25) is 0 Å². The predicted molar refractivity (Wildman–Crippen MR) is 76.0 cm³/mol. The van der Waals surface area contributed by atoms with Crippen LogP contribution in [0, 0.1) is 5.82 Å². The van der Waals surface area contributed by atoms with Crippen LogP contribution in [0.4, 0.5) is 4.39 Å². The molecule has 7 heteroatoms. The summed E-state index contributed by atoms with van der Waals surface area (Å²) in [6, 6.07) is 8.94. The number of nitrogens with one attached hydrogen (secondary N) is 1. The van der Waals surface area contributed by atoms with E-state index in [-0.39, 0.29) is 5.82 Å². The van der Waals surface area contributed by atoms with E-state index in [4.69, 9.17) is 4.74 Å². The summed E-state index contributed by atoms with van der Waals surface area (Å²) >= 11 is 1.17. The van der Waals surface area contributed by atoms with Crippen molar-refractivity contribution in [1.29, 1.82) is 0 Å². The van der Waals surface area contributed by atoms with Crippen molar-refractivity contribution in [3.63, 3.8) is 0 Å². The molecule has 0 aliphatic rings. The molecule has 4 nitrogen and oxygen atoms in total. The maximum atomic E-state index is 12.7. The molecule has 1 heterocycles. The molecule has 108 valence electrons. The molecule has 1 aromatic carbocycles. The van der Waals surface area contributed by atoms with Gasteiger partial charge in [0, 0.05) is 6.54 Å². The average molecular weight is 315 g/mol. The second-order valence-electron chi connectivity index (χ2n) is 3.99. The largest absolute Gasteiger partial charge is 0.494 e. The number of halogens is 1. The quantitative estimate of drug-likeness (QED) is 0.799. The van der Waals surface area contributed by atoms with Crippen LogP contribution in [0.3, 0.4) is 0 Å². The average Bonchev–Trinajstić information content (AvgIpc) is 2.95. The van der Waals surface area contributed by atoms with E-state index in [0.29, 0.717) is 29.5 Å². The highest BCUT2D eigenvalue weighted by molar-refractivity contribution is 7.91. The summed E-state index contributed by atoms with van der Waals surface area (Å²) in [6.45, 7) is 0.653. The zero-order chi connectivity index (χ0) is 14.4. The van der Waals surface area contributed by atoms with E-state index in [0.717, 1.165) is 0 Å². The van der Waals surface area contributed by atoms with E-state index in [1.165, 1.54) is 35.6 Å². The smallest absolute Gasteiger partial charge is 0.250 e. The second-order valence-corrected chi connectivity index (χ2v) is 6.93. The maximum Gasteiger partial charge on any atom is 0.250 e. The Morgan fingerprint density at radius 3 is 2.60 bits per heavy atom. The molecule has 1 N–H and O–H groups in total. The van der Waals surface area contributed by atoms with Crippen LogP contribution in [0.5, 0.6) is 5.75 Å². The van der Waals surface area contributed by atoms with Crippen LogP contribution < -0.4 is 9.46 Å². The summed E-state index contributed by atoms with van der Waals surface area (Å²) in [5, 5.41) is 1.71. The van der Waals surface area contributed by atoms with Gasteiger partial charge in [0.1, 0.15) is 15.8 Å². The van der Waals surface area contributed by atoms with Gasteiger partial charge in [-0.1, -0.05) is 6.07 Å².